The summed E-state index contributed by atoms with van der Waals surface area (Å²) in [5.41, 5.74) is 1.07. The summed E-state index contributed by atoms with van der Waals surface area (Å²) in [5, 5.41) is 6.43. The van der Waals surface area contributed by atoms with Gasteiger partial charge in [-0.05, 0) is 50.6 Å². The molecule has 0 saturated heterocycles. The second-order valence-electron chi connectivity index (χ2n) is 6.79. The number of rotatable bonds is 10. The van der Waals surface area contributed by atoms with Gasteiger partial charge in [-0.15, -0.1) is 0 Å². The van der Waals surface area contributed by atoms with Crippen LogP contribution in [0.25, 0.3) is 0 Å². The molecule has 1 aromatic carbocycles. The Labute approximate surface area is 140 Å². The molecule has 1 aliphatic carbocycles. The van der Waals surface area contributed by atoms with E-state index in [1.54, 1.807) is 0 Å². The van der Waals surface area contributed by atoms with Crippen molar-refractivity contribution >= 4 is 5.91 Å². The number of amides is 1. The van der Waals surface area contributed by atoms with Gasteiger partial charge in [0.15, 0.2) is 0 Å². The van der Waals surface area contributed by atoms with Crippen LogP contribution in [0.15, 0.2) is 24.3 Å². The van der Waals surface area contributed by atoms with Gasteiger partial charge in [-0.3, -0.25) is 4.79 Å². The first-order valence-corrected chi connectivity index (χ1v) is 8.82. The van der Waals surface area contributed by atoms with Crippen LogP contribution in [0.2, 0.25) is 0 Å². The Hall–Kier alpha value is -1.55. The van der Waals surface area contributed by atoms with Crippen molar-refractivity contribution in [3.05, 3.63) is 29.8 Å². The Morgan fingerprint density at radius 3 is 2.70 bits per heavy atom. The van der Waals surface area contributed by atoms with E-state index in [0.29, 0.717) is 19.1 Å². The van der Waals surface area contributed by atoms with E-state index in [1.807, 2.05) is 25.1 Å². The summed E-state index contributed by atoms with van der Waals surface area (Å²) < 4.78 is 5.74. The zero-order valence-corrected chi connectivity index (χ0v) is 14.6. The number of hydrogen-bond acceptors (Lipinski definition) is 3. The van der Waals surface area contributed by atoms with Crippen molar-refractivity contribution in [3.8, 4) is 5.75 Å². The van der Waals surface area contributed by atoms with Crippen LogP contribution in [0.4, 0.5) is 0 Å². The highest BCUT2D eigenvalue weighted by Crippen LogP contribution is 2.29. The summed E-state index contributed by atoms with van der Waals surface area (Å²) in [6, 6.07) is 8.00. The molecule has 1 amide bonds. The maximum atomic E-state index is 12.3. The van der Waals surface area contributed by atoms with E-state index >= 15 is 0 Å². The van der Waals surface area contributed by atoms with Crippen LogP contribution in [-0.4, -0.2) is 25.6 Å². The number of carbonyl (C=O) groups excluding carboxylic acids is 1. The second-order valence-corrected chi connectivity index (χ2v) is 6.79. The van der Waals surface area contributed by atoms with Gasteiger partial charge in [0.2, 0.25) is 5.91 Å². The third-order valence-electron chi connectivity index (χ3n) is 4.05. The van der Waals surface area contributed by atoms with Crippen LogP contribution in [-0.2, 0) is 4.79 Å². The molecule has 1 saturated carbocycles. The highest BCUT2D eigenvalue weighted by Gasteiger charge is 2.22. The fraction of sp³-hybridized carbons (Fsp3) is 0.632. The predicted octanol–water partition coefficient (Wildman–Crippen LogP) is 3.29. The number of benzene rings is 1. The van der Waals surface area contributed by atoms with Crippen LogP contribution in [0, 0.1) is 11.8 Å². The lowest BCUT2D eigenvalue weighted by Crippen LogP contribution is -2.37. The van der Waals surface area contributed by atoms with Crippen molar-refractivity contribution < 1.29 is 9.53 Å². The second kappa shape index (κ2) is 8.92. The highest BCUT2D eigenvalue weighted by molar-refractivity contribution is 5.78. The molecule has 2 rings (SSSR count). The molecule has 128 valence electrons. The van der Waals surface area contributed by atoms with Crippen molar-refractivity contribution in [1.82, 2.24) is 10.6 Å². The van der Waals surface area contributed by atoms with E-state index in [0.717, 1.165) is 30.2 Å². The molecule has 1 aliphatic rings. The van der Waals surface area contributed by atoms with Crippen molar-refractivity contribution in [2.45, 2.75) is 46.1 Å². The molecule has 4 heteroatoms. The highest BCUT2D eigenvalue weighted by atomic mass is 16.5. The van der Waals surface area contributed by atoms with Crippen LogP contribution in [0.3, 0.4) is 0 Å². The first-order chi connectivity index (χ1) is 11.1. The molecule has 23 heavy (non-hydrogen) atoms. The average Bonchev–Trinajstić information content (AvgIpc) is 3.31. The molecule has 0 aromatic heterocycles. The Bertz CT molecular complexity index is 498. The van der Waals surface area contributed by atoms with Crippen molar-refractivity contribution in [2.24, 2.45) is 11.8 Å². The summed E-state index contributed by atoms with van der Waals surface area (Å²) in [7, 11) is 0. The van der Waals surface area contributed by atoms with Gasteiger partial charge in [0.05, 0.1) is 19.2 Å². The molecule has 1 unspecified atom stereocenters. The quantitative estimate of drug-likeness (QED) is 0.696. The van der Waals surface area contributed by atoms with Crippen molar-refractivity contribution in [2.75, 3.05) is 19.7 Å². The van der Waals surface area contributed by atoms with Crippen molar-refractivity contribution in [3.63, 3.8) is 0 Å². The lowest BCUT2D eigenvalue weighted by molar-refractivity contribution is -0.121. The van der Waals surface area contributed by atoms with Gasteiger partial charge in [0, 0.05) is 5.56 Å². The minimum atomic E-state index is -0.00650. The number of hydrogen-bond donors (Lipinski definition) is 2. The Morgan fingerprint density at radius 1 is 1.30 bits per heavy atom. The smallest absolute Gasteiger partial charge is 0.234 e. The van der Waals surface area contributed by atoms with Crippen LogP contribution >= 0.6 is 0 Å². The van der Waals surface area contributed by atoms with Gasteiger partial charge in [0.1, 0.15) is 5.75 Å². The molecule has 1 atom stereocenters. The van der Waals surface area contributed by atoms with Crippen molar-refractivity contribution in [1.29, 1.82) is 0 Å². The summed E-state index contributed by atoms with van der Waals surface area (Å²) in [6.07, 6.45) is 3.50. The molecule has 0 aliphatic heterocycles. The van der Waals surface area contributed by atoms with E-state index < -0.39 is 0 Å². The fourth-order valence-corrected chi connectivity index (χ4v) is 2.75. The van der Waals surface area contributed by atoms with Crippen LogP contribution in [0.1, 0.15) is 51.6 Å². The number of para-hydroxylation sites is 1. The van der Waals surface area contributed by atoms with Gasteiger partial charge in [-0.25, -0.2) is 0 Å². The first kappa shape index (κ1) is 17.8. The lowest BCUT2D eigenvalue weighted by atomic mass is 9.96. The lowest BCUT2D eigenvalue weighted by Gasteiger charge is -2.23. The molecule has 0 spiro atoms. The third-order valence-corrected chi connectivity index (χ3v) is 4.05. The zero-order valence-electron chi connectivity index (χ0n) is 14.6. The standard InChI is InChI=1S/C19H30N2O2/c1-4-23-18-8-6-5-7-16(18)17(11-14(2)3)21-19(22)13-20-12-15-9-10-15/h5-8,14-15,17,20H,4,9-13H2,1-3H3,(H,21,22). The number of carbonyl (C=O) groups is 1. The summed E-state index contributed by atoms with van der Waals surface area (Å²) in [6.45, 7) is 8.30. The van der Waals surface area contributed by atoms with Crippen LogP contribution < -0.4 is 15.4 Å². The molecule has 0 radical (unpaired) electrons. The Kier molecular flexibility index (Phi) is 6.90. The Balaban J connectivity index is 1.99. The van der Waals surface area contributed by atoms with Gasteiger partial charge in [0.25, 0.3) is 0 Å². The van der Waals surface area contributed by atoms with Gasteiger partial charge in [-0.2, -0.15) is 0 Å². The van der Waals surface area contributed by atoms with Gasteiger partial charge >= 0.3 is 0 Å². The normalized spacial score (nSPS) is 15.5. The van der Waals surface area contributed by atoms with E-state index in [-0.39, 0.29) is 11.9 Å². The van der Waals surface area contributed by atoms with E-state index in [1.165, 1.54) is 12.8 Å². The minimum absolute atomic E-state index is 0.00650. The topological polar surface area (TPSA) is 50.4 Å². The third kappa shape index (κ3) is 6.22. The molecular formula is C19H30N2O2. The van der Waals surface area contributed by atoms with Gasteiger partial charge in [-0.1, -0.05) is 32.0 Å². The fourth-order valence-electron chi connectivity index (χ4n) is 2.75. The van der Waals surface area contributed by atoms with E-state index in [9.17, 15) is 4.79 Å². The average molecular weight is 318 g/mol. The summed E-state index contributed by atoms with van der Waals surface area (Å²) in [4.78, 5) is 12.3. The SMILES string of the molecule is CCOc1ccccc1C(CC(C)C)NC(=O)CNCC1CC1. The minimum Gasteiger partial charge on any atom is -0.494 e. The summed E-state index contributed by atoms with van der Waals surface area (Å²) >= 11 is 0. The molecule has 1 aromatic rings. The molecule has 2 N–H and O–H groups in total. The monoisotopic (exact) mass is 318 g/mol. The van der Waals surface area contributed by atoms with E-state index in [2.05, 4.69) is 30.5 Å². The van der Waals surface area contributed by atoms with Gasteiger partial charge < -0.3 is 15.4 Å². The largest absolute Gasteiger partial charge is 0.494 e. The maximum absolute atomic E-state index is 12.3. The Morgan fingerprint density at radius 2 is 2.04 bits per heavy atom. The molecule has 0 bridgehead atoms. The number of ether oxygens (including phenoxy) is 1. The molecule has 1 fully saturated rings. The maximum Gasteiger partial charge on any atom is 0.234 e. The zero-order chi connectivity index (χ0) is 16.7. The summed E-state index contributed by atoms with van der Waals surface area (Å²) in [5.74, 6) is 2.21. The molecule has 0 heterocycles. The molecule has 4 nitrogen and oxygen atoms in total. The molecular weight excluding hydrogens is 288 g/mol. The van der Waals surface area contributed by atoms with E-state index in [4.69, 9.17) is 4.74 Å². The predicted molar refractivity (Wildman–Crippen MR) is 93.5 cm³/mol. The number of nitrogens with one attached hydrogen (secondary N) is 2. The first-order valence-electron chi connectivity index (χ1n) is 8.82. The van der Waals surface area contributed by atoms with Crippen LogP contribution in [0.5, 0.6) is 5.75 Å².